The molecule has 24 heavy (non-hydrogen) atoms. The summed E-state index contributed by atoms with van der Waals surface area (Å²) in [4.78, 5) is 0. The lowest BCUT2D eigenvalue weighted by molar-refractivity contribution is 0.248. The number of ether oxygens (including phenoxy) is 4. The molecular weight excluding hydrogens is 304 g/mol. The van der Waals surface area contributed by atoms with Gasteiger partial charge in [-0.3, -0.25) is 0 Å². The molecular formula is C20H26O4. The zero-order valence-corrected chi connectivity index (χ0v) is 14.9. The van der Waals surface area contributed by atoms with Gasteiger partial charge in [0.15, 0.2) is 11.5 Å². The molecule has 0 spiro atoms. The van der Waals surface area contributed by atoms with E-state index < -0.39 is 0 Å². The van der Waals surface area contributed by atoms with Crippen molar-refractivity contribution in [3.8, 4) is 23.0 Å². The molecule has 2 aromatic carbocycles. The summed E-state index contributed by atoms with van der Waals surface area (Å²) in [6.45, 7) is 5.40. The molecule has 0 amide bonds. The van der Waals surface area contributed by atoms with Gasteiger partial charge in [-0.05, 0) is 56.0 Å². The summed E-state index contributed by atoms with van der Waals surface area (Å²) in [5, 5.41) is 0. The van der Waals surface area contributed by atoms with Crippen LogP contribution in [0.3, 0.4) is 0 Å². The highest BCUT2D eigenvalue weighted by Crippen LogP contribution is 2.36. The number of benzene rings is 2. The Morgan fingerprint density at radius 2 is 1.38 bits per heavy atom. The van der Waals surface area contributed by atoms with Gasteiger partial charge in [-0.1, -0.05) is 18.2 Å². The van der Waals surface area contributed by atoms with E-state index in [1.807, 2.05) is 18.2 Å². The highest BCUT2D eigenvalue weighted by atomic mass is 16.5. The summed E-state index contributed by atoms with van der Waals surface area (Å²) >= 11 is 0. The summed E-state index contributed by atoms with van der Waals surface area (Å²) < 4.78 is 22.3. The van der Waals surface area contributed by atoms with Gasteiger partial charge in [0, 0.05) is 0 Å². The van der Waals surface area contributed by atoms with E-state index in [9.17, 15) is 0 Å². The van der Waals surface area contributed by atoms with Crippen LogP contribution in [0, 0.1) is 13.8 Å². The Balaban J connectivity index is 1.77. The average Bonchev–Trinajstić information content (AvgIpc) is 2.60. The van der Waals surface area contributed by atoms with E-state index in [4.69, 9.17) is 18.9 Å². The lowest BCUT2D eigenvalue weighted by Gasteiger charge is -2.14. The van der Waals surface area contributed by atoms with Gasteiger partial charge >= 0.3 is 0 Å². The number of aryl methyl sites for hydroxylation is 2. The number of para-hydroxylation sites is 1. The minimum absolute atomic E-state index is 0.590. The summed E-state index contributed by atoms with van der Waals surface area (Å²) in [7, 11) is 3.25. The highest BCUT2D eigenvalue weighted by molar-refractivity contribution is 5.51. The molecule has 0 N–H and O–H groups in total. The minimum atomic E-state index is 0.590. The maximum Gasteiger partial charge on any atom is 0.203 e. The maximum atomic E-state index is 5.85. The zero-order valence-electron chi connectivity index (χ0n) is 14.9. The second kappa shape index (κ2) is 9.06. The summed E-state index contributed by atoms with van der Waals surface area (Å²) in [6.07, 6.45) is 1.82. The standard InChI is InChI=1S/C20H26O4/c1-15-10-11-16(2)19(14-15)23-12-5-6-13-24-20-17(21-3)8-7-9-18(20)22-4/h7-11,14H,5-6,12-13H2,1-4H3. The Morgan fingerprint density at radius 1 is 0.750 bits per heavy atom. The third kappa shape index (κ3) is 4.82. The van der Waals surface area contributed by atoms with Crippen LogP contribution in [0.2, 0.25) is 0 Å². The van der Waals surface area contributed by atoms with Crippen molar-refractivity contribution in [3.05, 3.63) is 47.5 Å². The molecule has 0 radical (unpaired) electrons. The van der Waals surface area contributed by atoms with Crippen molar-refractivity contribution in [2.45, 2.75) is 26.7 Å². The predicted octanol–water partition coefficient (Wildman–Crippen LogP) is 4.56. The van der Waals surface area contributed by atoms with Crippen LogP contribution >= 0.6 is 0 Å². The second-order valence-electron chi connectivity index (χ2n) is 5.66. The quantitative estimate of drug-likeness (QED) is 0.632. The lowest BCUT2D eigenvalue weighted by Crippen LogP contribution is -2.05. The number of unbranched alkanes of at least 4 members (excludes halogenated alkanes) is 1. The van der Waals surface area contributed by atoms with Gasteiger partial charge in [0.1, 0.15) is 5.75 Å². The van der Waals surface area contributed by atoms with Crippen molar-refractivity contribution >= 4 is 0 Å². The third-order valence-electron chi connectivity index (χ3n) is 3.77. The van der Waals surface area contributed by atoms with E-state index in [1.54, 1.807) is 14.2 Å². The van der Waals surface area contributed by atoms with E-state index >= 15 is 0 Å². The van der Waals surface area contributed by atoms with Gasteiger partial charge in [-0.15, -0.1) is 0 Å². The van der Waals surface area contributed by atoms with Crippen LogP contribution in [0.4, 0.5) is 0 Å². The molecule has 2 aromatic rings. The molecule has 4 nitrogen and oxygen atoms in total. The van der Waals surface area contributed by atoms with Crippen molar-refractivity contribution in [2.24, 2.45) is 0 Å². The van der Waals surface area contributed by atoms with Crippen molar-refractivity contribution in [1.29, 1.82) is 0 Å². The monoisotopic (exact) mass is 330 g/mol. The van der Waals surface area contributed by atoms with E-state index in [-0.39, 0.29) is 0 Å². The molecule has 0 aliphatic carbocycles. The Bertz CT molecular complexity index is 630. The first-order valence-electron chi connectivity index (χ1n) is 8.19. The van der Waals surface area contributed by atoms with E-state index in [2.05, 4.69) is 32.0 Å². The second-order valence-corrected chi connectivity index (χ2v) is 5.66. The van der Waals surface area contributed by atoms with Crippen LogP contribution in [-0.4, -0.2) is 27.4 Å². The maximum absolute atomic E-state index is 5.85. The van der Waals surface area contributed by atoms with Crippen LogP contribution in [0.1, 0.15) is 24.0 Å². The van der Waals surface area contributed by atoms with Crippen LogP contribution in [0.25, 0.3) is 0 Å². The third-order valence-corrected chi connectivity index (χ3v) is 3.77. The molecule has 0 aromatic heterocycles. The van der Waals surface area contributed by atoms with Crippen LogP contribution in [0.15, 0.2) is 36.4 Å². The molecule has 0 aliphatic rings. The van der Waals surface area contributed by atoms with Crippen LogP contribution in [-0.2, 0) is 0 Å². The van der Waals surface area contributed by atoms with Gasteiger partial charge in [-0.25, -0.2) is 0 Å². The zero-order chi connectivity index (χ0) is 17.4. The fraction of sp³-hybridized carbons (Fsp3) is 0.400. The predicted molar refractivity (Wildman–Crippen MR) is 95.7 cm³/mol. The smallest absolute Gasteiger partial charge is 0.203 e. The first-order chi connectivity index (χ1) is 11.7. The van der Waals surface area contributed by atoms with Crippen LogP contribution in [0.5, 0.6) is 23.0 Å². The van der Waals surface area contributed by atoms with E-state index in [0.717, 1.165) is 24.2 Å². The SMILES string of the molecule is COc1cccc(OC)c1OCCCCOc1cc(C)ccc1C. The summed E-state index contributed by atoms with van der Waals surface area (Å²) in [5.41, 5.74) is 2.37. The van der Waals surface area contributed by atoms with Crippen molar-refractivity contribution in [3.63, 3.8) is 0 Å². The molecule has 0 fully saturated rings. The van der Waals surface area contributed by atoms with E-state index in [1.165, 1.54) is 5.56 Å². The largest absolute Gasteiger partial charge is 0.493 e. The molecule has 0 saturated carbocycles. The highest BCUT2D eigenvalue weighted by Gasteiger charge is 2.10. The van der Waals surface area contributed by atoms with Gasteiger partial charge in [0.25, 0.3) is 0 Å². The average molecular weight is 330 g/mol. The number of methoxy groups -OCH3 is 2. The van der Waals surface area contributed by atoms with E-state index in [0.29, 0.717) is 30.5 Å². The Morgan fingerprint density at radius 3 is 2.00 bits per heavy atom. The topological polar surface area (TPSA) is 36.9 Å². The Labute approximate surface area is 144 Å². The molecule has 130 valence electrons. The number of hydrogen-bond acceptors (Lipinski definition) is 4. The molecule has 0 unspecified atom stereocenters. The molecule has 0 aliphatic heterocycles. The van der Waals surface area contributed by atoms with Gasteiger partial charge < -0.3 is 18.9 Å². The Kier molecular flexibility index (Phi) is 6.79. The van der Waals surface area contributed by atoms with Crippen molar-refractivity contribution in [1.82, 2.24) is 0 Å². The molecule has 0 atom stereocenters. The molecule has 0 heterocycles. The summed E-state index contributed by atoms with van der Waals surface area (Å²) in [6, 6.07) is 11.9. The fourth-order valence-corrected chi connectivity index (χ4v) is 2.38. The normalized spacial score (nSPS) is 10.3. The number of rotatable bonds is 9. The lowest BCUT2D eigenvalue weighted by atomic mass is 10.1. The Hall–Kier alpha value is -2.36. The fourth-order valence-electron chi connectivity index (χ4n) is 2.38. The molecule has 0 saturated heterocycles. The number of hydrogen-bond donors (Lipinski definition) is 0. The van der Waals surface area contributed by atoms with Crippen molar-refractivity contribution in [2.75, 3.05) is 27.4 Å². The first kappa shape index (κ1) is 18.0. The van der Waals surface area contributed by atoms with Gasteiger partial charge in [0.05, 0.1) is 27.4 Å². The molecule has 4 heteroatoms. The van der Waals surface area contributed by atoms with Crippen LogP contribution < -0.4 is 18.9 Å². The van der Waals surface area contributed by atoms with Gasteiger partial charge in [0.2, 0.25) is 5.75 Å². The molecule has 0 bridgehead atoms. The first-order valence-corrected chi connectivity index (χ1v) is 8.19. The van der Waals surface area contributed by atoms with Crippen molar-refractivity contribution < 1.29 is 18.9 Å². The summed E-state index contributed by atoms with van der Waals surface area (Å²) in [5.74, 6) is 2.97. The van der Waals surface area contributed by atoms with Gasteiger partial charge in [-0.2, -0.15) is 0 Å². The molecule has 2 rings (SSSR count). The minimum Gasteiger partial charge on any atom is -0.493 e.